The second kappa shape index (κ2) is 15.3. The van der Waals surface area contributed by atoms with Crippen molar-refractivity contribution >= 4 is 0 Å². The van der Waals surface area contributed by atoms with Crippen LogP contribution in [0.2, 0.25) is 0 Å². The van der Waals surface area contributed by atoms with Gasteiger partial charge in [0.1, 0.15) is 12.2 Å². The van der Waals surface area contributed by atoms with Gasteiger partial charge in [0.15, 0.2) is 0 Å². The quantitative estimate of drug-likeness (QED) is 0.190. The van der Waals surface area contributed by atoms with Gasteiger partial charge in [-0.1, -0.05) is 20.8 Å². The normalized spacial score (nSPS) is 33.1. The summed E-state index contributed by atoms with van der Waals surface area (Å²) in [5.74, 6) is 1.41. The van der Waals surface area contributed by atoms with Crippen molar-refractivity contribution in [2.24, 2.45) is 17.3 Å². The molecule has 42 heavy (non-hydrogen) atoms. The molecule has 0 aromatic carbocycles. The highest BCUT2D eigenvalue weighted by Crippen LogP contribution is 2.49. The van der Waals surface area contributed by atoms with Gasteiger partial charge in [0, 0.05) is 12.8 Å². The summed E-state index contributed by atoms with van der Waals surface area (Å²) < 4.78 is 34.9. The van der Waals surface area contributed by atoms with Crippen molar-refractivity contribution in [1.29, 1.82) is 0 Å². The second-order valence-electron chi connectivity index (χ2n) is 15.2. The molecule has 4 rings (SSSR count). The lowest BCUT2D eigenvalue weighted by Gasteiger charge is -2.46. The number of ether oxygens (including phenoxy) is 6. The average Bonchev–Trinajstić information content (AvgIpc) is 3.88. The highest BCUT2D eigenvalue weighted by atomic mass is 16.6. The highest BCUT2D eigenvalue weighted by Gasteiger charge is 2.41. The minimum Gasteiger partial charge on any atom is -0.391 e. The molecule has 8 nitrogen and oxygen atoms in total. The molecule has 0 radical (unpaired) electrons. The molecule has 2 heterocycles. The Kier molecular flexibility index (Phi) is 12.6. The molecule has 246 valence electrons. The molecule has 4 aliphatic rings. The number of hydrogen-bond donors (Lipinski definition) is 2. The summed E-state index contributed by atoms with van der Waals surface area (Å²) in [6.07, 6.45) is 11.0. The van der Waals surface area contributed by atoms with Crippen LogP contribution >= 0.6 is 0 Å². The third-order valence-corrected chi connectivity index (χ3v) is 10.7. The van der Waals surface area contributed by atoms with Gasteiger partial charge in [0.25, 0.3) is 0 Å². The van der Waals surface area contributed by atoms with E-state index < -0.39 is 12.2 Å². The third kappa shape index (κ3) is 11.2. The van der Waals surface area contributed by atoms with Crippen molar-refractivity contribution in [1.82, 2.24) is 0 Å². The Bertz CT molecular complexity index is 780. The van der Waals surface area contributed by atoms with E-state index in [1.54, 1.807) is 0 Å². The van der Waals surface area contributed by atoms with Crippen molar-refractivity contribution in [3.8, 4) is 0 Å². The first-order valence-corrected chi connectivity index (χ1v) is 17.0. The van der Waals surface area contributed by atoms with Crippen LogP contribution in [0, 0.1) is 17.3 Å². The van der Waals surface area contributed by atoms with Crippen LogP contribution in [0.3, 0.4) is 0 Å². The molecule has 5 unspecified atom stereocenters. The zero-order valence-corrected chi connectivity index (χ0v) is 27.5. The van der Waals surface area contributed by atoms with E-state index in [-0.39, 0.29) is 35.6 Å². The van der Waals surface area contributed by atoms with Gasteiger partial charge in [-0.2, -0.15) is 0 Å². The molecule has 2 saturated heterocycles. The number of epoxide rings is 2. The fourth-order valence-corrected chi connectivity index (χ4v) is 7.26. The standard InChI is InChI=1S/C34H62O8/c1-7-34(6,42-23-31-21-40-31)17-27(36)19-38-29-14-10-25(11-15-29)33(4,5)24-8-12-28(13-9-24)37-18-26(35)16-32(2,3)41-22-30-20-39-30/h24-31,35-36H,7-23H2,1-6H3. The van der Waals surface area contributed by atoms with Crippen LogP contribution < -0.4 is 0 Å². The van der Waals surface area contributed by atoms with Crippen LogP contribution in [0.15, 0.2) is 0 Å². The predicted octanol–water partition coefficient (Wildman–Crippen LogP) is 5.44. The fourth-order valence-electron chi connectivity index (χ4n) is 7.26. The predicted molar refractivity (Wildman–Crippen MR) is 163 cm³/mol. The van der Waals surface area contributed by atoms with Gasteiger partial charge >= 0.3 is 0 Å². The molecular formula is C34H62O8. The molecule has 8 heteroatoms. The molecule has 2 N–H and O–H groups in total. The molecular weight excluding hydrogens is 536 g/mol. The minimum atomic E-state index is -0.514. The Balaban J connectivity index is 1.09. The van der Waals surface area contributed by atoms with E-state index in [0.717, 1.165) is 45.3 Å². The molecule has 4 fully saturated rings. The van der Waals surface area contributed by atoms with Gasteiger partial charge in [-0.25, -0.2) is 0 Å². The summed E-state index contributed by atoms with van der Waals surface area (Å²) in [5, 5.41) is 21.3. The SMILES string of the molecule is CCC(C)(CC(O)COC1CCC(C(C)(C)C2CCC(OCC(O)CC(C)(C)OCC3CO3)CC2)CC1)OCC1CO1. The summed E-state index contributed by atoms with van der Waals surface area (Å²) in [6.45, 7) is 16.8. The highest BCUT2D eigenvalue weighted by molar-refractivity contribution is 4.91. The maximum atomic E-state index is 10.7. The van der Waals surface area contributed by atoms with Crippen LogP contribution in [0.1, 0.15) is 112 Å². The van der Waals surface area contributed by atoms with Crippen molar-refractivity contribution < 1.29 is 38.6 Å². The first-order chi connectivity index (χ1) is 19.9. The Morgan fingerprint density at radius 3 is 1.52 bits per heavy atom. The summed E-state index contributed by atoms with van der Waals surface area (Å²) in [4.78, 5) is 0. The van der Waals surface area contributed by atoms with E-state index in [1.165, 1.54) is 25.7 Å². The molecule has 0 spiro atoms. The van der Waals surface area contributed by atoms with Crippen LogP contribution in [0.5, 0.6) is 0 Å². The first kappa shape index (κ1) is 34.6. The van der Waals surface area contributed by atoms with Crippen molar-refractivity contribution in [2.45, 2.75) is 160 Å². The first-order valence-electron chi connectivity index (χ1n) is 17.0. The minimum absolute atomic E-state index is 0.237. The monoisotopic (exact) mass is 598 g/mol. The summed E-state index contributed by atoms with van der Waals surface area (Å²) in [7, 11) is 0. The van der Waals surface area contributed by atoms with Gasteiger partial charge in [-0.05, 0) is 95.8 Å². The van der Waals surface area contributed by atoms with E-state index in [0.29, 0.717) is 56.5 Å². The maximum absolute atomic E-state index is 10.7. The van der Waals surface area contributed by atoms with Crippen LogP contribution in [0.4, 0.5) is 0 Å². The molecule has 0 amide bonds. The zero-order chi connectivity index (χ0) is 30.4. The smallest absolute Gasteiger partial charge is 0.104 e. The Morgan fingerprint density at radius 2 is 1.10 bits per heavy atom. The molecule has 0 aromatic heterocycles. The maximum Gasteiger partial charge on any atom is 0.104 e. The van der Waals surface area contributed by atoms with E-state index >= 15 is 0 Å². The van der Waals surface area contributed by atoms with Gasteiger partial charge in [0.05, 0.1) is 75.3 Å². The number of hydrogen-bond acceptors (Lipinski definition) is 8. The Morgan fingerprint density at radius 1 is 0.667 bits per heavy atom. The van der Waals surface area contributed by atoms with Crippen LogP contribution in [-0.2, 0) is 28.4 Å². The third-order valence-electron chi connectivity index (χ3n) is 10.7. The van der Waals surface area contributed by atoms with Gasteiger partial charge in [0.2, 0.25) is 0 Å². The van der Waals surface area contributed by atoms with Crippen LogP contribution in [0.25, 0.3) is 0 Å². The molecule has 2 aliphatic carbocycles. The van der Waals surface area contributed by atoms with Crippen LogP contribution in [-0.4, -0.2) is 97.7 Å². The van der Waals surface area contributed by atoms with Gasteiger partial charge in [-0.3, -0.25) is 0 Å². The number of rotatable bonds is 19. The average molecular weight is 599 g/mol. The lowest BCUT2D eigenvalue weighted by molar-refractivity contribution is -0.0965. The summed E-state index contributed by atoms with van der Waals surface area (Å²) in [6, 6.07) is 0. The number of aliphatic hydroxyl groups is 2. The Hall–Kier alpha value is -0.320. The summed E-state index contributed by atoms with van der Waals surface area (Å²) >= 11 is 0. The lowest BCUT2D eigenvalue weighted by atomic mass is 9.60. The Labute approximate surface area is 255 Å². The largest absolute Gasteiger partial charge is 0.391 e. The molecule has 5 atom stereocenters. The fraction of sp³-hybridized carbons (Fsp3) is 1.00. The van der Waals surface area contributed by atoms with E-state index in [2.05, 4.69) is 27.7 Å². The zero-order valence-electron chi connectivity index (χ0n) is 27.5. The summed E-state index contributed by atoms with van der Waals surface area (Å²) in [5.41, 5.74) is -0.415. The molecule has 0 aromatic rings. The molecule has 2 aliphatic heterocycles. The van der Waals surface area contributed by atoms with Gasteiger partial charge < -0.3 is 38.6 Å². The van der Waals surface area contributed by atoms with E-state index in [9.17, 15) is 10.2 Å². The molecule has 2 saturated carbocycles. The number of aliphatic hydroxyl groups excluding tert-OH is 2. The topological polar surface area (TPSA) is 102 Å². The van der Waals surface area contributed by atoms with E-state index in [1.807, 2.05) is 13.8 Å². The van der Waals surface area contributed by atoms with Gasteiger partial charge in [-0.15, -0.1) is 0 Å². The van der Waals surface area contributed by atoms with Crippen molar-refractivity contribution in [3.63, 3.8) is 0 Å². The van der Waals surface area contributed by atoms with E-state index in [4.69, 9.17) is 28.4 Å². The van der Waals surface area contributed by atoms with Crippen molar-refractivity contribution in [3.05, 3.63) is 0 Å². The lowest BCUT2D eigenvalue weighted by Crippen LogP contribution is -2.40. The second-order valence-corrected chi connectivity index (χ2v) is 15.2. The molecule has 0 bridgehead atoms. The van der Waals surface area contributed by atoms with Crippen molar-refractivity contribution in [2.75, 3.05) is 39.6 Å².